The number of nitrogens with one attached hydrogen (secondary N) is 2. The predicted octanol–water partition coefficient (Wildman–Crippen LogP) is 2.65. The second-order valence-electron chi connectivity index (χ2n) is 5.89. The number of likely N-dealkylation sites (tertiary alicyclic amines) is 1. The molecule has 4 rings (SSSR count). The Morgan fingerprint density at radius 2 is 2.32 bits per heavy atom. The van der Waals surface area contributed by atoms with E-state index in [1.807, 2.05) is 30.5 Å². The van der Waals surface area contributed by atoms with Crippen molar-refractivity contribution in [1.29, 1.82) is 0 Å². The van der Waals surface area contributed by atoms with E-state index in [4.69, 9.17) is 0 Å². The van der Waals surface area contributed by atoms with Crippen molar-refractivity contribution in [1.82, 2.24) is 30.0 Å². The van der Waals surface area contributed by atoms with Crippen LogP contribution in [0.15, 0.2) is 29.8 Å². The summed E-state index contributed by atoms with van der Waals surface area (Å²) in [6.07, 6.45) is 2.59. The fourth-order valence-corrected chi connectivity index (χ4v) is 3.55. The molecule has 1 saturated heterocycles. The van der Waals surface area contributed by atoms with Crippen LogP contribution in [0, 0.1) is 6.92 Å². The van der Waals surface area contributed by atoms with Crippen LogP contribution in [-0.4, -0.2) is 49.2 Å². The Morgan fingerprint density at radius 1 is 1.40 bits per heavy atom. The molecule has 128 valence electrons. The van der Waals surface area contributed by atoms with Crippen molar-refractivity contribution in [3.8, 4) is 10.7 Å². The van der Waals surface area contributed by atoms with Crippen LogP contribution < -0.4 is 5.32 Å². The van der Waals surface area contributed by atoms with Gasteiger partial charge in [0.15, 0.2) is 5.82 Å². The zero-order valence-electron chi connectivity index (χ0n) is 13.6. The number of amides is 2. The first kappa shape index (κ1) is 15.7. The molecule has 9 heteroatoms. The molecular formula is C16H17N7OS. The standard InChI is InChI=1S/C16H17N7OS/c1-10-18-14(22-21-10)11-5-7-23(8-11)16(24)20-13-9-25-15(19-13)12-4-2-3-6-17-12/h2-4,6,9,11H,5,7-8H2,1H3,(H,20,24)(H,18,21,22). The Labute approximate surface area is 148 Å². The fraction of sp³-hybridized carbons (Fsp3) is 0.312. The topological polar surface area (TPSA) is 99.7 Å². The summed E-state index contributed by atoms with van der Waals surface area (Å²) in [7, 11) is 0. The Kier molecular flexibility index (Phi) is 4.14. The van der Waals surface area contributed by atoms with E-state index < -0.39 is 0 Å². The van der Waals surface area contributed by atoms with Gasteiger partial charge in [-0.15, -0.1) is 11.3 Å². The molecule has 2 amide bonds. The third-order valence-corrected chi connectivity index (χ3v) is 4.94. The number of rotatable bonds is 3. The van der Waals surface area contributed by atoms with Crippen LogP contribution in [0.2, 0.25) is 0 Å². The third-order valence-electron chi connectivity index (χ3n) is 4.08. The predicted molar refractivity (Wildman–Crippen MR) is 94.4 cm³/mol. The van der Waals surface area contributed by atoms with Crippen LogP contribution in [0.4, 0.5) is 10.6 Å². The van der Waals surface area contributed by atoms with Crippen molar-refractivity contribution >= 4 is 23.2 Å². The van der Waals surface area contributed by atoms with Crippen molar-refractivity contribution in [2.45, 2.75) is 19.3 Å². The number of nitrogens with zero attached hydrogens (tertiary/aromatic N) is 5. The number of hydrogen-bond acceptors (Lipinski definition) is 6. The molecule has 1 aliphatic heterocycles. The van der Waals surface area contributed by atoms with Gasteiger partial charge in [-0.05, 0) is 25.5 Å². The number of pyridine rings is 1. The van der Waals surface area contributed by atoms with Crippen molar-refractivity contribution in [3.63, 3.8) is 0 Å². The van der Waals surface area contributed by atoms with Gasteiger partial charge in [0.25, 0.3) is 0 Å². The molecule has 3 aromatic heterocycles. The van der Waals surface area contributed by atoms with Gasteiger partial charge in [0.05, 0.1) is 5.69 Å². The number of aromatic nitrogens is 5. The molecule has 25 heavy (non-hydrogen) atoms. The highest BCUT2D eigenvalue weighted by Crippen LogP contribution is 2.27. The highest BCUT2D eigenvalue weighted by molar-refractivity contribution is 7.13. The van der Waals surface area contributed by atoms with Crippen LogP contribution in [-0.2, 0) is 0 Å². The number of hydrogen-bond donors (Lipinski definition) is 2. The first-order chi connectivity index (χ1) is 12.2. The lowest BCUT2D eigenvalue weighted by Gasteiger charge is -2.15. The summed E-state index contributed by atoms with van der Waals surface area (Å²) in [5.41, 5.74) is 0.800. The lowest BCUT2D eigenvalue weighted by atomic mass is 10.1. The minimum absolute atomic E-state index is 0.146. The Hall–Kier alpha value is -2.81. The summed E-state index contributed by atoms with van der Waals surface area (Å²) >= 11 is 1.46. The van der Waals surface area contributed by atoms with Crippen LogP contribution in [0.3, 0.4) is 0 Å². The maximum absolute atomic E-state index is 12.5. The van der Waals surface area contributed by atoms with Gasteiger partial charge in [-0.2, -0.15) is 5.10 Å². The summed E-state index contributed by atoms with van der Waals surface area (Å²) in [6, 6.07) is 5.53. The molecule has 3 aromatic rings. The zero-order chi connectivity index (χ0) is 17.2. The Bertz CT molecular complexity index is 876. The van der Waals surface area contributed by atoms with E-state index in [0.29, 0.717) is 18.9 Å². The van der Waals surface area contributed by atoms with Crippen LogP contribution >= 0.6 is 11.3 Å². The Morgan fingerprint density at radius 3 is 3.08 bits per heavy atom. The molecule has 0 spiro atoms. The molecule has 1 fully saturated rings. The highest BCUT2D eigenvalue weighted by Gasteiger charge is 2.30. The largest absolute Gasteiger partial charge is 0.324 e. The summed E-state index contributed by atoms with van der Waals surface area (Å²) < 4.78 is 0. The third kappa shape index (κ3) is 3.36. The normalized spacial score (nSPS) is 17.0. The fourth-order valence-electron chi connectivity index (χ4n) is 2.82. The Balaban J connectivity index is 1.39. The van der Waals surface area contributed by atoms with Crippen molar-refractivity contribution in [2.75, 3.05) is 18.4 Å². The number of anilines is 1. The molecule has 0 radical (unpaired) electrons. The van der Waals surface area contributed by atoms with Crippen LogP contribution in [0.25, 0.3) is 10.7 Å². The van der Waals surface area contributed by atoms with Gasteiger partial charge >= 0.3 is 6.03 Å². The molecule has 0 saturated carbocycles. The average molecular weight is 355 g/mol. The molecule has 1 aliphatic rings. The maximum atomic E-state index is 12.5. The van der Waals surface area contributed by atoms with E-state index in [9.17, 15) is 4.79 Å². The molecule has 2 N–H and O–H groups in total. The quantitative estimate of drug-likeness (QED) is 0.752. The first-order valence-electron chi connectivity index (χ1n) is 8.01. The second kappa shape index (κ2) is 6.60. The van der Waals surface area contributed by atoms with Gasteiger partial charge in [-0.1, -0.05) is 6.07 Å². The van der Waals surface area contributed by atoms with E-state index in [-0.39, 0.29) is 11.9 Å². The van der Waals surface area contributed by atoms with Gasteiger partial charge in [-0.3, -0.25) is 15.4 Å². The lowest BCUT2D eigenvalue weighted by Crippen LogP contribution is -2.33. The van der Waals surface area contributed by atoms with Crippen molar-refractivity contribution in [3.05, 3.63) is 41.4 Å². The molecule has 0 aromatic carbocycles. The van der Waals surface area contributed by atoms with Gasteiger partial charge in [0.2, 0.25) is 0 Å². The van der Waals surface area contributed by atoms with E-state index in [1.165, 1.54) is 11.3 Å². The molecule has 1 unspecified atom stereocenters. The molecule has 4 heterocycles. The molecule has 0 bridgehead atoms. The summed E-state index contributed by atoms with van der Waals surface area (Å²) in [6.45, 7) is 3.17. The minimum Gasteiger partial charge on any atom is -0.324 e. The maximum Gasteiger partial charge on any atom is 0.323 e. The van der Waals surface area contributed by atoms with Gasteiger partial charge in [-0.25, -0.2) is 14.8 Å². The number of H-pyrrole nitrogens is 1. The number of thiazole rings is 1. The van der Waals surface area contributed by atoms with Crippen LogP contribution in [0.1, 0.15) is 24.0 Å². The number of carbonyl (C=O) groups is 1. The van der Waals surface area contributed by atoms with Gasteiger partial charge in [0.1, 0.15) is 16.6 Å². The van der Waals surface area contributed by atoms with Gasteiger partial charge < -0.3 is 4.90 Å². The lowest BCUT2D eigenvalue weighted by molar-refractivity contribution is 0.222. The smallest absolute Gasteiger partial charge is 0.323 e. The number of carbonyl (C=O) groups excluding carboxylic acids is 1. The SMILES string of the molecule is Cc1nc(C2CCN(C(=O)Nc3csc(-c4ccccn4)n3)C2)n[nH]1. The number of urea groups is 1. The molecule has 8 nitrogen and oxygen atoms in total. The van der Waals surface area contributed by atoms with E-state index >= 15 is 0 Å². The van der Waals surface area contributed by atoms with E-state index in [0.717, 1.165) is 28.8 Å². The minimum atomic E-state index is -0.146. The number of aryl methyl sites for hydroxylation is 1. The van der Waals surface area contributed by atoms with Crippen LogP contribution in [0.5, 0.6) is 0 Å². The van der Waals surface area contributed by atoms with Gasteiger partial charge in [0, 0.05) is 30.6 Å². The molecular weight excluding hydrogens is 338 g/mol. The van der Waals surface area contributed by atoms with Crippen molar-refractivity contribution in [2.24, 2.45) is 0 Å². The van der Waals surface area contributed by atoms with E-state index in [1.54, 1.807) is 11.1 Å². The van der Waals surface area contributed by atoms with Crippen molar-refractivity contribution < 1.29 is 4.79 Å². The first-order valence-corrected chi connectivity index (χ1v) is 8.89. The summed E-state index contributed by atoms with van der Waals surface area (Å²) in [5, 5.41) is 12.5. The zero-order valence-corrected chi connectivity index (χ0v) is 14.5. The monoisotopic (exact) mass is 355 g/mol. The van der Waals surface area contributed by atoms with E-state index in [2.05, 4.69) is 30.5 Å². The molecule has 1 atom stereocenters. The summed E-state index contributed by atoms with van der Waals surface area (Å²) in [5.74, 6) is 2.30. The highest BCUT2D eigenvalue weighted by atomic mass is 32.1. The number of aromatic amines is 1. The average Bonchev–Trinajstić information content (AvgIpc) is 3.35. The second-order valence-corrected chi connectivity index (χ2v) is 6.75. The molecule has 0 aliphatic carbocycles. The summed E-state index contributed by atoms with van der Waals surface area (Å²) in [4.78, 5) is 27.3.